The predicted octanol–water partition coefficient (Wildman–Crippen LogP) is 0.992. The van der Waals surface area contributed by atoms with Gasteiger partial charge in [0.25, 0.3) is 0 Å². The zero-order chi connectivity index (χ0) is 6.41. The van der Waals surface area contributed by atoms with Crippen molar-refractivity contribution < 1.29 is 4.79 Å². The fourth-order valence-corrected chi connectivity index (χ4v) is 0.793. The van der Waals surface area contributed by atoms with Crippen LogP contribution in [0.25, 0.3) is 0 Å². The van der Waals surface area contributed by atoms with Crippen LogP contribution in [0.1, 0.15) is 12.8 Å². The van der Waals surface area contributed by atoms with Gasteiger partial charge < -0.3 is 5.73 Å². The van der Waals surface area contributed by atoms with Gasteiger partial charge in [0.1, 0.15) is 0 Å². The Bertz CT molecular complexity index is 76.4. The maximum atomic E-state index is 10.0. The van der Waals surface area contributed by atoms with Gasteiger partial charge in [-0.3, -0.25) is 4.79 Å². The van der Waals surface area contributed by atoms with Crippen molar-refractivity contribution in [3.8, 4) is 0 Å². The van der Waals surface area contributed by atoms with E-state index in [1.165, 1.54) is 10.8 Å². The number of amides is 1. The van der Waals surface area contributed by atoms with E-state index in [2.05, 4.69) is 11.7 Å². The minimum absolute atomic E-state index is 0.261. The number of rotatable bonds is 4. The van der Waals surface area contributed by atoms with Crippen molar-refractivity contribution in [2.24, 2.45) is 5.73 Å². The van der Waals surface area contributed by atoms with E-state index >= 15 is 0 Å². The summed E-state index contributed by atoms with van der Waals surface area (Å²) in [7, 11) is 1.31. The maximum absolute atomic E-state index is 10.0. The largest absolute Gasteiger partial charge is 0.370 e. The average Bonchev–Trinajstić information content (AvgIpc) is 1.66. The summed E-state index contributed by atoms with van der Waals surface area (Å²) in [5, 5.41) is 0. The van der Waals surface area contributed by atoms with Crippen LogP contribution >= 0.6 is 22.5 Å². The van der Waals surface area contributed by atoms with E-state index in [-0.39, 0.29) is 5.91 Å². The summed E-state index contributed by atoms with van der Waals surface area (Å²) in [4.78, 5) is 10.0. The highest BCUT2D eigenvalue weighted by Gasteiger charge is 1.91. The van der Waals surface area contributed by atoms with Gasteiger partial charge in [0.05, 0.1) is 0 Å². The highest BCUT2D eigenvalue weighted by atomic mass is 33.1. The number of hydrogen-bond donors (Lipinski definition) is 2. The molecule has 1 radical (unpaired) electrons. The third-order valence-electron chi connectivity index (χ3n) is 0.583. The lowest BCUT2D eigenvalue weighted by Gasteiger charge is -1.89. The molecular formula is C4H8NOS2. The summed E-state index contributed by atoms with van der Waals surface area (Å²) in [6.45, 7) is 0. The topological polar surface area (TPSA) is 43.1 Å². The number of carbonyl (C=O) groups excluding carboxylic acids is 1. The van der Waals surface area contributed by atoms with Crippen molar-refractivity contribution >= 4 is 28.4 Å². The van der Waals surface area contributed by atoms with Gasteiger partial charge in [0, 0.05) is 12.2 Å². The second-order valence-electron chi connectivity index (χ2n) is 1.28. The lowest BCUT2D eigenvalue weighted by molar-refractivity contribution is -0.117. The molecule has 0 aliphatic carbocycles. The Kier molecular flexibility index (Phi) is 5.42. The van der Waals surface area contributed by atoms with Crippen LogP contribution in [0.2, 0.25) is 0 Å². The van der Waals surface area contributed by atoms with E-state index in [9.17, 15) is 4.79 Å². The highest BCUT2D eigenvalue weighted by Crippen LogP contribution is 2.12. The second-order valence-corrected chi connectivity index (χ2v) is 2.45. The van der Waals surface area contributed by atoms with Gasteiger partial charge in [0.2, 0.25) is 5.91 Å². The molecule has 0 aliphatic heterocycles. The molecule has 4 heteroatoms. The van der Waals surface area contributed by atoms with Crippen LogP contribution in [-0.4, -0.2) is 5.91 Å². The quantitative estimate of drug-likeness (QED) is 0.356. The zero-order valence-corrected chi connectivity index (χ0v) is 6.04. The Labute approximate surface area is 58.0 Å². The normalized spacial score (nSPS) is 9.12. The van der Waals surface area contributed by atoms with Gasteiger partial charge in [0.15, 0.2) is 0 Å². The molecule has 0 heterocycles. The number of hydrogen-bond acceptors (Lipinski definition) is 3. The monoisotopic (exact) mass is 150 g/mol. The number of carbonyl (C=O) groups is 1. The van der Waals surface area contributed by atoms with Crippen LogP contribution in [0, 0.1) is 5.75 Å². The predicted molar refractivity (Wildman–Crippen MR) is 39.3 cm³/mol. The Morgan fingerprint density at radius 3 is 2.88 bits per heavy atom. The summed E-state index contributed by atoms with van der Waals surface area (Å²) >= 11 is 3.83. The van der Waals surface area contributed by atoms with Gasteiger partial charge in [-0.05, 0) is 6.42 Å². The highest BCUT2D eigenvalue weighted by molar-refractivity contribution is 8.69. The molecule has 8 heavy (non-hydrogen) atoms. The third-order valence-corrected chi connectivity index (χ3v) is 1.42. The van der Waals surface area contributed by atoms with E-state index in [1.807, 2.05) is 5.75 Å². The lowest BCUT2D eigenvalue weighted by atomic mass is 10.3. The number of primary amides is 1. The van der Waals surface area contributed by atoms with Crippen molar-refractivity contribution in [1.29, 1.82) is 0 Å². The molecule has 0 atom stereocenters. The molecule has 0 fully saturated rings. The fraction of sp³-hybridized carbons (Fsp3) is 0.500. The zero-order valence-electron chi connectivity index (χ0n) is 4.33. The summed E-state index contributed by atoms with van der Waals surface area (Å²) in [5.74, 6) is 1.57. The van der Waals surface area contributed by atoms with Crippen LogP contribution < -0.4 is 5.73 Å². The first-order valence-electron chi connectivity index (χ1n) is 2.17. The van der Waals surface area contributed by atoms with Crippen molar-refractivity contribution in [2.75, 3.05) is 0 Å². The van der Waals surface area contributed by atoms with Crippen LogP contribution in [0.3, 0.4) is 0 Å². The fourth-order valence-electron chi connectivity index (χ4n) is 0.254. The van der Waals surface area contributed by atoms with E-state index in [1.54, 1.807) is 0 Å². The van der Waals surface area contributed by atoms with E-state index < -0.39 is 0 Å². The first kappa shape index (κ1) is 8.17. The van der Waals surface area contributed by atoms with E-state index in [0.717, 1.165) is 0 Å². The molecule has 2 N–H and O–H groups in total. The molecule has 0 aromatic rings. The van der Waals surface area contributed by atoms with E-state index in [0.29, 0.717) is 12.8 Å². The van der Waals surface area contributed by atoms with Gasteiger partial charge >= 0.3 is 0 Å². The maximum Gasteiger partial charge on any atom is 0.217 e. The molecule has 1 amide bonds. The molecule has 0 spiro atoms. The van der Waals surface area contributed by atoms with Crippen LogP contribution in [-0.2, 0) is 4.79 Å². The summed E-state index contributed by atoms with van der Waals surface area (Å²) in [6.07, 6.45) is 1.14. The summed E-state index contributed by atoms with van der Waals surface area (Å²) in [5.41, 5.74) is 4.84. The summed E-state index contributed by atoms with van der Waals surface area (Å²) in [6, 6.07) is 0. The Hall–Kier alpha value is 0.170. The van der Waals surface area contributed by atoms with Crippen LogP contribution in [0.15, 0.2) is 0 Å². The number of nitrogens with two attached hydrogens (primary N) is 1. The van der Waals surface area contributed by atoms with Crippen LogP contribution in [0.4, 0.5) is 0 Å². The van der Waals surface area contributed by atoms with Gasteiger partial charge in [-0.1, -0.05) is 10.8 Å². The molecule has 0 saturated heterocycles. The molecule has 0 unspecified atom stereocenters. The van der Waals surface area contributed by atoms with Gasteiger partial charge in [-0.2, -0.15) is 0 Å². The first-order valence-corrected chi connectivity index (χ1v) is 4.10. The van der Waals surface area contributed by atoms with Crippen molar-refractivity contribution in [1.82, 2.24) is 0 Å². The van der Waals surface area contributed by atoms with Crippen molar-refractivity contribution in [2.45, 2.75) is 12.8 Å². The Morgan fingerprint density at radius 1 is 1.88 bits per heavy atom. The molecule has 0 aromatic heterocycles. The molecule has 0 bridgehead atoms. The molecule has 0 aliphatic rings. The van der Waals surface area contributed by atoms with E-state index in [4.69, 9.17) is 5.73 Å². The molecule has 0 rings (SSSR count). The molecular weight excluding hydrogens is 142 g/mol. The number of thiol groups is 1. The Balaban J connectivity index is 2.82. The minimum atomic E-state index is -0.261. The smallest absolute Gasteiger partial charge is 0.217 e. The van der Waals surface area contributed by atoms with Gasteiger partial charge in [-0.25, -0.2) is 0 Å². The van der Waals surface area contributed by atoms with Gasteiger partial charge in [-0.15, -0.1) is 11.7 Å². The molecule has 0 aromatic carbocycles. The first-order chi connectivity index (χ1) is 3.77. The molecule has 2 nitrogen and oxygen atoms in total. The van der Waals surface area contributed by atoms with Crippen molar-refractivity contribution in [3.05, 3.63) is 5.75 Å². The third kappa shape index (κ3) is 6.17. The van der Waals surface area contributed by atoms with Crippen molar-refractivity contribution in [3.63, 3.8) is 0 Å². The minimum Gasteiger partial charge on any atom is -0.370 e. The second kappa shape index (κ2) is 5.31. The standard InChI is InChI=1S/C4H8NOS2/c5-4(6)2-1-3-8-7/h3,7H,1-2H2,(H2,5,6). The van der Waals surface area contributed by atoms with Crippen LogP contribution in [0.5, 0.6) is 0 Å². The lowest BCUT2D eigenvalue weighted by Crippen LogP contribution is -2.09. The molecule has 0 saturated carbocycles. The SMILES string of the molecule is NC(=O)CC[CH]SS. The summed E-state index contributed by atoms with van der Waals surface area (Å²) < 4.78 is 0. The molecule has 47 valence electrons. The average molecular weight is 150 g/mol. The Morgan fingerprint density at radius 2 is 2.50 bits per heavy atom.